The number of hydrogen-bond donors (Lipinski definition) is 2. The van der Waals surface area contributed by atoms with Crippen molar-refractivity contribution in [1.82, 2.24) is 20.2 Å². The van der Waals surface area contributed by atoms with E-state index in [1.54, 1.807) is 17.4 Å². The first-order valence-corrected chi connectivity index (χ1v) is 10.3. The van der Waals surface area contributed by atoms with Crippen LogP contribution in [-0.4, -0.2) is 33.4 Å². The number of aromatic amines is 1. The maximum Gasteiger partial charge on any atom is 0.258 e. The Balaban J connectivity index is 1.67. The van der Waals surface area contributed by atoms with E-state index < -0.39 is 0 Å². The molecule has 27 heavy (non-hydrogen) atoms. The summed E-state index contributed by atoms with van der Waals surface area (Å²) in [4.78, 5) is 35.0. The second kappa shape index (κ2) is 8.77. The Morgan fingerprint density at radius 3 is 2.85 bits per heavy atom. The van der Waals surface area contributed by atoms with Crippen LogP contribution in [0, 0.1) is 0 Å². The molecule has 0 spiro atoms. The summed E-state index contributed by atoms with van der Waals surface area (Å²) in [6.07, 6.45) is 0. The number of nitrogens with one attached hydrogen (secondary N) is 2. The number of amides is 1. The van der Waals surface area contributed by atoms with E-state index in [4.69, 9.17) is 0 Å². The van der Waals surface area contributed by atoms with Gasteiger partial charge in [-0.2, -0.15) is 0 Å². The highest BCUT2D eigenvalue weighted by Crippen LogP contribution is 2.19. The van der Waals surface area contributed by atoms with Gasteiger partial charge < -0.3 is 10.3 Å². The highest BCUT2D eigenvalue weighted by molar-refractivity contribution is 9.10. The molecule has 0 radical (unpaired) electrons. The molecule has 0 fully saturated rings. The third kappa shape index (κ3) is 5.24. The van der Waals surface area contributed by atoms with Crippen molar-refractivity contribution in [2.75, 3.05) is 6.54 Å². The monoisotopic (exact) mass is 448 g/mol. The molecule has 8 heteroatoms. The Hall–Kier alpha value is -2.03. The standard InChI is InChI=1S/C19H21BrN4O2S/c1-12(2)24(10-18(25)21-8-14-7-13(20)11-27-14)9-17-22-16-6-4-3-5-15(16)19(26)23-17/h3-7,11-12H,8-10H2,1-2H3,(H,21,25)(H,22,23,26). The predicted molar refractivity (Wildman–Crippen MR) is 112 cm³/mol. The largest absolute Gasteiger partial charge is 0.350 e. The molecule has 2 N–H and O–H groups in total. The average Bonchev–Trinajstić information content (AvgIpc) is 3.05. The fraction of sp³-hybridized carbons (Fsp3) is 0.316. The Kier molecular flexibility index (Phi) is 6.41. The Bertz CT molecular complexity index is 999. The summed E-state index contributed by atoms with van der Waals surface area (Å²) in [7, 11) is 0. The molecule has 2 heterocycles. The highest BCUT2D eigenvalue weighted by atomic mass is 79.9. The quantitative estimate of drug-likeness (QED) is 0.581. The van der Waals surface area contributed by atoms with Crippen LogP contribution in [0.3, 0.4) is 0 Å². The van der Waals surface area contributed by atoms with Crippen molar-refractivity contribution in [3.8, 4) is 0 Å². The number of carbonyl (C=O) groups is 1. The number of nitrogens with zero attached hydrogens (tertiary/aromatic N) is 2. The molecule has 0 aliphatic carbocycles. The zero-order valence-corrected chi connectivity index (χ0v) is 17.6. The van der Waals surface area contributed by atoms with Crippen molar-refractivity contribution in [2.24, 2.45) is 0 Å². The molecular weight excluding hydrogens is 428 g/mol. The molecule has 0 atom stereocenters. The van der Waals surface area contributed by atoms with Crippen LogP contribution in [0.15, 0.2) is 45.0 Å². The van der Waals surface area contributed by atoms with Crippen LogP contribution in [0.2, 0.25) is 0 Å². The number of hydrogen-bond acceptors (Lipinski definition) is 5. The van der Waals surface area contributed by atoms with E-state index in [0.717, 1.165) is 9.35 Å². The molecule has 1 aromatic carbocycles. The first-order valence-electron chi connectivity index (χ1n) is 8.64. The third-order valence-corrected chi connectivity index (χ3v) is 5.87. The minimum atomic E-state index is -0.160. The fourth-order valence-electron chi connectivity index (χ4n) is 2.70. The van der Waals surface area contributed by atoms with Crippen LogP contribution in [0.25, 0.3) is 10.9 Å². The van der Waals surface area contributed by atoms with E-state index in [0.29, 0.717) is 29.8 Å². The van der Waals surface area contributed by atoms with Gasteiger partial charge in [0.15, 0.2) is 0 Å². The lowest BCUT2D eigenvalue weighted by Gasteiger charge is -2.25. The molecular formula is C19H21BrN4O2S. The van der Waals surface area contributed by atoms with Crippen molar-refractivity contribution >= 4 is 44.1 Å². The summed E-state index contributed by atoms with van der Waals surface area (Å²) in [6.45, 7) is 5.17. The molecule has 3 aromatic rings. The molecule has 6 nitrogen and oxygen atoms in total. The zero-order valence-electron chi connectivity index (χ0n) is 15.2. The van der Waals surface area contributed by atoms with Crippen molar-refractivity contribution in [1.29, 1.82) is 0 Å². The molecule has 0 aliphatic heterocycles. The molecule has 142 valence electrons. The van der Waals surface area contributed by atoms with Crippen LogP contribution in [0.5, 0.6) is 0 Å². The molecule has 0 saturated carbocycles. The normalized spacial score (nSPS) is 11.4. The summed E-state index contributed by atoms with van der Waals surface area (Å²) >= 11 is 5.01. The Morgan fingerprint density at radius 1 is 1.37 bits per heavy atom. The predicted octanol–water partition coefficient (Wildman–Crippen LogP) is 3.27. The second-order valence-electron chi connectivity index (χ2n) is 6.54. The van der Waals surface area contributed by atoms with Crippen LogP contribution in [-0.2, 0) is 17.9 Å². The van der Waals surface area contributed by atoms with Crippen LogP contribution in [0.1, 0.15) is 24.5 Å². The van der Waals surface area contributed by atoms with Gasteiger partial charge in [-0.3, -0.25) is 14.5 Å². The summed E-state index contributed by atoms with van der Waals surface area (Å²) in [5, 5.41) is 5.50. The van der Waals surface area contributed by atoms with E-state index >= 15 is 0 Å². The summed E-state index contributed by atoms with van der Waals surface area (Å²) in [5.74, 6) is 0.499. The minimum Gasteiger partial charge on any atom is -0.350 e. The van der Waals surface area contributed by atoms with Gasteiger partial charge in [0.25, 0.3) is 5.56 Å². The lowest BCUT2D eigenvalue weighted by atomic mass is 10.2. The summed E-state index contributed by atoms with van der Waals surface area (Å²) in [5.41, 5.74) is 0.500. The van der Waals surface area contributed by atoms with Crippen LogP contribution < -0.4 is 10.9 Å². The second-order valence-corrected chi connectivity index (χ2v) is 8.45. The van der Waals surface area contributed by atoms with Gasteiger partial charge in [-0.05, 0) is 48.0 Å². The Labute approximate surface area is 169 Å². The molecule has 1 amide bonds. The molecule has 0 bridgehead atoms. The number of aromatic nitrogens is 2. The van der Waals surface area contributed by atoms with Crippen molar-refractivity contribution in [3.63, 3.8) is 0 Å². The van der Waals surface area contributed by atoms with Crippen molar-refractivity contribution in [3.05, 3.63) is 61.2 Å². The van der Waals surface area contributed by atoms with E-state index in [-0.39, 0.29) is 24.1 Å². The molecule has 0 saturated heterocycles. The van der Waals surface area contributed by atoms with Crippen molar-refractivity contribution < 1.29 is 4.79 Å². The molecule has 3 rings (SSSR count). The molecule has 0 aliphatic rings. The van der Waals surface area contributed by atoms with E-state index in [1.165, 1.54) is 0 Å². The lowest BCUT2D eigenvalue weighted by molar-refractivity contribution is -0.123. The van der Waals surface area contributed by atoms with E-state index in [2.05, 4.69) is 31.2 Å². The number of rotatable bonds is 7. The summed E-state index contributed by atoms with van der Waals surface area (Å²) < 4.78 is 1.02. The van der Waals surface area contributed by atoms with Crippen LogP contribution in [0.4, 0.5) is 0 Å². The van der Waals surface area contributed by atoms with Gasteiger partial charge in [0.05, 0.1) is 30.5 Å². The van der Waals surface area contributed by atoms with Gasteiger partial charge >= 0.3 is 0 Å². The maximum absolute atomic E-state index is 12.4. The Morgan fingerprint density at radius 2 is 2.15 bits per heavy atom. The van der Waals surface area contributed by atoms with Gasteiger partial charge in [-0.15, -0.1) is 11.3 Å². The summed E-state index contributed by atoms with van der Waals surface area (Å²) in [6, 6.07) is 9.37. The third-order valence-electron chi connectivity index (χ3n) is 4.17. The number of thiophene rings is 1. The number of halogens is 1. The lowest BCUT2D eigenvalue weighted by Crippen LogP contribution is -2.40. The van der Waals surface area contributed by atoms with Crippen LogP contribution >= 0.6 is 27.3 Å². The van der Waals surface area contributed by atoms with E-state index in [9.17, 15) is 9.59 Å². The minimum absolute atomic E-state index is 0.0589. The first kappa shape index (κ1) is 19.7. The maximum atomic E-state index is 12.4. The highest BCUT2D eigenvalue weighted by Gasteiger charge is 2.16. The van der Waals surface area contributed by atoms with Crippen molar-refractivity contribution in [2.45, 2.75) is 33.0 Å². The molecule has 0 unspecified atom stereocenters. The van der Waals surface area contributed by atoms with Gasteiger partial charge in [0, 0.05) is 20.8 Å². The number of H-pyrrole nitrogens is 1. The number of fused-ring (bicyclic) bond motifs is 1. The van der Waals surface area contributed by atoms with Gasteiger partial charge in [-0.25, -0.2) is 4.98 Å². The van der Waals surface area contributed by atoms with Gasteiger partial charge in [0.2, 0.25) is 5.91 Å². The number of para-hydroxylation sites is 1. The van der Waals surface area contributed by atoms with Gasteiger partial charge in [0.1, 0.15) is 5.82 Å². The van der Waals surface area contributed by atoms with Gasteiger partial charge in [-0.1, -0.05) is 12.1 Å². The smallest absolute Gasteiger partial charge is 0.258 e. The first-order chi connectivity index (χ1) is 12.9. The zero-order chi connectivity index (χ0) is 19.4. The topological polar surface area (TPSA) is 78.1 Å². The molecule has 2 aromatic heterocycles. The fourth-order valence-corrected chi connectivity index (χ4v) is 4.09. The number of benzene rings is 1. The average molecular weight is 449 g/mol. The SMILES string of the molecule is CC(C)N(CC(=O)NCc1cc(Br)cs1)Cc1nc2ccccc2c(=O)[nH]1. The number of carbonyl (C=O) groups excluding carboxylic acids is 1. The van der Waals surface area contributed by atoms with E-state index in [1.807, 2.05) is 48.4 Å².